The van der Waals surface area contributed by atoms with Crippen molar-refractivity contribution in [3.05, 3.63) is 57.0 Å². The Morgan fingerprint density at radius 1 is 1.27 bits per heavy atom. The van der Waals surface area contributed by atoms with Crippen LogP contribution in [0.15, 0.2) is 40.2 Å². The van der Waals surface area contributed by atoms with E-state index in [4.69, 9.17) is 0 Å². The van der Waals surface area contributed by atoms with Gasteiger partial charge in [0.05, 0.1) is 11.7 Å². The summed E-state index contributed by atoms with van der Waals surface area (Å²) in [5, 5.41) is 10.2. The molecule has 0 fully saturated rings. The van der Waals surface area contributed by atoms with Crippen LogP contribution in [0.3, 0.4) is 0 Å². The molecule has 0 unspecified atom stereocenters. The lowest BCUT2D eigenvalue weighted by molar-refractivity contribution is 0.102. The fraction of sp³-hybridized carbons (Fsp3) is 0.143. The van der Waals surface area contributed by atoms with E-state index in [9.17, 15) is 14.4 Å². The SMILES string of the molecule is Cn1cc(C(=O)Nc2ccc3cn[nH]c3c2)c(=O)n(C)c1=O. The van der Waals surface area contributed by atoms with E-state index in [1.165, 1.54) is 24.9 Å². The Kier molecular flexibility index (Phi) is 3.13. The largest absolute Gasteiger partial charge is 0.330 e. The van der Waals surface area contributed by atoms with Gasteiger partial charge >= 0.3 is 5.69 Å². The highest BCUT2D eigenvalue weighted by molar-refractivity contribution is 6.04. The summed E-state index contributed by atoms with van der Waals surface area (Å²) in [6.45, 7) is 0. The van der Waals surface area contributed by atoms with Gasteiger partial charge in [-0.15, -0.1) is 0 Å². The Labute approximate surface area is 124 Å². The van der Waals surface area contributed by atoms with Crippen molar-refractivity contribution in [3.8, 4) is 0 Å². The Bertz CT molecular complexity index is 996. The van der Waals surface area contributed by atoms with E-state index >= 15 is 0 Å². The van der Waals surface area contributed by atoms with Crippen LogP contribution in [0.5, 0.6) is 0 Å². The third-order valence-electron chi connectivity index (χ3n) is 3.39. The van der Waals surface area contributed by atoms with Gasteiger partial charge in [0.25, 0.3) is 11.5 Å². The van der Waals surface area contributed by atoms with Crippen LogP contribution in [0.4, 0.5) is 5.69 Å². The number of rotatable bonds is 2. The van der Waals surface area contributed by atoms with Gasteiger partial charge in [-0.2, -0.15) is 5.10 Å². The number of hydrogen-bond acceptors (Lipinski definition) is 4. The summed E-state index contributed by atoms with van der Waals surface area (Å²) in [5.74, 6) is -0.574. The van der Waals surface area contributed by atoms with E-state index < -0.39 is 17.2 Å². The zero-order valence-electron chi connectivity index (χ0n) is 12.0. The first-order valence-electron chi connectivity index (χ1n) is 6.48. The van der Waals surface area contributed by atoms with Crippen molar-refractivity contribution in [2.45, 2.75) is 0 Å². The molecule has 8 heteroatoms. The third kappa shape index (κ3) is 2.20. The van der Waals surface area contributed by atoms with Gasteiger partial charge in [-0.25, -0.2) is 4.79 Å². The summed E-state index contributed by atoms with van der Waals surface area (Å²) >= 11 is 0. The molecule has 2 aromatic heterocycles. The molecule has 0 aliphatic rings. The highest BCUT2D eigenvalue weighted by atomic mass is 16.2. The van der Waals surface area contributed by atoms with Crippen molar-refractivity contribution in [1.29, 1.82) is 0 Å². The van der Waals surface area contributed by atoms with Gasteiger partial charge in [-0.05, 0) is 18.2 Å². The summed E-state index contributed by atoms with van der Waals surface area (Å²) in [5.41, 5.74) is 0.0711. The van der Waals surface area contributed by atoms with Crippen molar-refractivity contribution in [3.63, 3.8) is 0 Å². The van der Waals surface area contributed by atoms with E-state index in [2.05, 4.69) is 15.5 Å². The van der Waals surface area contributed by atoms with Crippen LogP contribution in [0.1, 0.15) is 10.4 Å². The lowest BCUT2D eigenvalue weighted by Crippen LogP contribution is -2.40. The van der Waals surface area contributed by atoms with Crippen LogP contribution in [-0.4, -0.2) is 25.2 Å². The number of H-pyrrole nitrogens is 1. The molecule has 0 bridgehead atoms. The van der Waals surface area contributed by atoms with Crippen LogP contribution < -0.4 is 16.6 Å². The van der Waals surface area contributed by atoms with E-state index in [-0.39, 0.29) is 5.56 Å². The van der Waals surface area contributed by atoms with Gasteiger partial charge < -0.3 is 9.88 Å². The smallest absolute Gasteiger partial charge is 0.322 e. The molecule has 0 atom stereocenters. The van der Waals surface area contributed by atoms with E-state index in [1.807, 2.05) is 0 Å². The van der Waals surface area contributed by atoms with Crippen LogP contribution in [-0.2, 0) is 14.1 Å². The van der Waals surface area contributed by atoms with Gasteiger partial charge in [-0.1, -0.05) is 0 Å². The number of aromatic amines is 1. The van der Waals surface area contributed by atoms with Crippen LogP contribution in [0.2, 0.25) is 0 Å². The second-order valence-electron chi connectivity index (χ2n) is 4.93. The number of aromatic nitrogens is 4. The first-order valence-corrected chi connectivity index (χ1v) is 6.48. The number of carbonyl (C=O) groups excluding carboxylic acids is 1. The maximum atomic E-state index is 12.3. The number of anilines is 1. The Morgan fingerprint density at radius 2 is 2.05 bits per heavy atom. The van der Waals surface area contributed by atoms with Crippen molar-refractivity contribution >= 4 is 22.5 Å². The third-order valence-corrected chi connectivity index (χ3v) is 3.39. The molecule has 3 rings (SSSR count). The van der Waals surface area contributed by atoms with Gasteiger partial charge in [-0.3, -0.25) is 19.3 Å². The maximum absolute atomic E-state index is 12.3. The van der Waals surface area contributed by atoms with E-state index in [1.54, 1.807) is 24.4 Å². The molecule has 2 N–H and O–H groups in total. The monoisotopic (exact) mass is 299 g/mol. The summed E-state index contributed by atoms with van der Waals surface area (Å²) in [6, 6.07) is 5.22. The zero-order chi connectivity index (χ0) is 15.9. The zero-order valence-corrected chi connectivity index (χ0v) is 12.0. The molecule has 22 heavy (non-hydrogen) atoms. The average Bonchev–Trinajstić information content (AvgIpc) is 2.96. The Morgan fingerprint density at radius 3 is 2.82 bits per heavy atom. The summed E-state index contributed by atoms with van der Waals surface area (Å²) in [6.07, 6.45) is 2.90. The number of carbonyl (C=O) groups is 1. The van der Waals surface area contributed by atoms with Gasteiger partial charge in [0.15, 0.2) is 0 Å². The lowest BCUT2D eigenvalue weighted by Gasteiger charge is -2.08. The molecule has 0 radical (unpaired) electrons. The first kappa shape index (κ1) is 13.8. The Hall–Kier alpha value is -3.16. The fourth-order valence-electron chi connectivity index (χ4n) is 2.18. The predicted octanol–water partition coefficient (Wildman–Crippen LogP) is 0.213. The number of amides is 1. The quantitative estimate of drug-likeness (QED) is 0.706. The summed E-state index contributed by atoms with van der Waals surface area (Å²) < 4.78 is 2.08. The normalized spacial score (nSPS) is 10.8. The predicted molar refractivity (Wildman–Crippen MR) is 81.0 cm³/mol. The molecule has 1 aromatic carbocycles. The molecular formula is C14H13N5O3. The number of nitrogens with one attached hydrogen (secondary N) is 2. The topological polar surface area (TPSA) is 102 Å². The van der Waals surface area contributed by atoms with Crippen molar-refractivity contribution in [2.24, 2.45) is 14.1 Å². The minimum atomic E-state index is -0.636. The van der Waals surface area contributed by atoms with Gasteiger partial charge in [0, 0.05) is 31.4 Å². The number of benzene rings is 1. The highest BCUT2D eigenvalue weighted by Crippen LogP contribution is 2.16. The molecule has 112 valence electrons. The molecule has 0 spiro atoms. The van der Waals surface area contributed by atoms with Gasteiger partial charge in [0.1, 0.15) is 5.56 Å². The molecule has 1 amide bonds. The van der Waals surface area contributed by atoms with Crippen molar-refractivity contribution < 1.29 is 4.79 Å². The maximum Gasteiger partial charge on any atom is 0.330 e. The molecule has 0 saturated carbocycles. The van der Waals surface area contributed by atoms with Crippen molar-refractivity contribution in [2.75, 3.05) is 5.32 Å². The van der Waals surface area contributed by atoms with Crippen LogP contribution in [0, 0.1) is 0 Å². The highest BCUT2D eigenvalue weighted by Gasteiger charge is 2.15. The van der Waals surface area contributed by atoms with Crippen LogP contribution >= 0.6 is 0 Å². The minimum Gasteiger partial charge on any atom is -0.322 e. The second kappa shape index (κ2) is 4.99. The Balaban J connectivity index is 1.98. The number of hydrogen-bond donors (Lipinski definition) is 2. The van der Waals surface area contributed by atoms with Crippen LogP contribution in [0.25, 0.3) is 10.9 Å². The van der Waals surface area contributed by atoms with Crippen molar-refractivity contribution in [1.82, 2.24) is 19.3 Å². The number of nitrogens with zero attached hydrogens (tertiary/aromatic N) is 3. The minimum absolute atomic E-state index is 0.102. The fourth-order valence-corrected chi connectivity index (χ4v) is 2.18. The molecule has 0 saturated heterocycles. The molecule has 8 nitrogen and oxygen atoms in total. The van der Waals surface area contributed by atoms with Gasteiger partial charge in [0.2, 0.25) is 0 Å². The second-order valence-corrected chi connectivity index (χ2v) is 4.93. The first-order chi connectivity index (χ1) is 10.5. The molecule has 0 aliphatic carbocycles. The number of fused-ring (bicyclic) bond motifs is 1. The summed E-state index contributed by atoms with van der Waals surface area (Å²) in [7, 11) is 2.81. The standard InChI is InChI=1S/C14H13N5O3/c1-18-7-10(13(21)19(2)14(18)22)12(20)16-9-4-3-8-6-15-17-11(8)5-9/h3-7H,1-2H3,(H,15,17)(H,16,20). The van der Waals surface area contributed by atoms with E-state index in [0.717, 1.165) is 15.5 Å². The molecule has 2 heterocycles. The number of aryl methyl sites for hydroxylation is 1. The lowest BCUT2D eigenvalue weighted by atomic mass is 10.2. The molecule has 0 aliphatic heterocycles. The molecular weight excluding hydrogens is 286 g/mol. The van der Waals surface area contributed by atoms with E-state index in [0.29, 0.717) is 5.69 Å². The summed E-state index contributed by atoms with van der Waals surface area (Å²) in [4.78, 5) is 35.9. The average molecular weight is 299 g/mol. The molecule has 3 aromatic rings.